The number of anilines is 1. The first-order chi connectivity index (χ1) is 7.31. The number of rotatable bonds is 3. The Labute approximate surface area is 89.5 Å². The van der Waals surface area contributed by atoms with E-state index in [1.54, 1.807) is 6.20 Å². The molecule has 0 saturated heterocycles. The number of amides is 1. The molecule has 82 valence electrons. The zero-order valence-corrected chi connectivity index (χ0v) is 9.05. The summed E-state index contributed by atoms with van der Waals surface area (Å²) in [6, 6.07) is 0. The van der Waals surface area contributed by atoms with E-state index in [0.717, 1.165) is 30.6 Å². The maximum Gasteiger partial charge on any atom is 0.228 e. The topological polar surface area (TPSA) is 57.8 Å². The highest BCUT2D eigenvalue weighted by Gasteiger charge is 2.23. The van der Waals surface area contributed by atoms with Crippen molar-refractivity contribution < 1.29 is 4.79 Å². The van der Waals surface area contributed by atoms with E-state index in [0.29, 0.717) is 0 Å². The molecule has 1 aromatic rings. The molecule has 1 aliphatic rings. The Hall–Kier alpha value is -1.32. The molecule has 1 aromatic heterocycles. The number of carbonyl (C=O) groups excluding carboxylic acids is 1. The second-order valence-electron chi connectivity index (χ2n) is 4.09. The lowest BCUT2D eigenvalue weighted by atomic mass is 10.1. The Morgan fingerprint density at radius 1 is 1.60 bits per heavy atom. The van der Waals surface area contributed by atoms with Crippen LogP contribution in [0.1, 0.15) is 38.2 Å². The van der Waals surface area contributed by atoms with Gasteiger partial charge in [0.15, 0.2) is 0 Å². The predicted octanol–water partition coefficient (Wildman–Crippen LogP) is 2.10. The Bertz CT molecular complexity index is 339. The van der Waals surface area contributed by atoms with Crippen LogP contribution in [0.2, 0.25) is 0 Å². The van der Waals surface area contributed by atoms with Gasteiger partial charge >= 0.3 is 0 Å². The van der Waals surface area contributed by atoms with Gasteiger partial charge in [0.25, 0.3) is 0 Å². The highest BCUT2D eigenvalue weighted by molar-refractivity contribution is 5.92. The van der Waals surface area contributed by atoms with Gasteiger partial charge in [0, 0.05) is 11.5 Å². The summed E-state index contributed by atoms with van der Waals surface area (Å²) < 4.78 is 0. The number of nitrogens with zero attached hydrogens (tertiary/aromatic N) is 1. The average Bonchev–Trinajstić information content (AvgIpc) is 2.87. The first-order valence-electron chi connectivity index (χ1n) is 5.64. The van der Waals surface area contributed by atoms with Gasteiger partial charge in [0.05, 0.1) is 6.20 Å². The van der Waals surface area contributed by atoms with E-state index in [1.165, 1.54) is 12.8 Å². The molecule has 1 heterocycles. The maximum atomic E-state index is 11.8. The minimum atomic E-state index is 0.145. The van der Waals surface area contributed by atoms with Gasteiger partial charge in [0.2, 0.25) is 5.91 Å². The van der Waals surface area contributed by atoms with Gasteiger partial charge < -0.3 is 5.32 Å². The second-order valence-corrected chi connectivity index (χ2v) is 4.09. The van der Waals surface area contributed by atoms with Gasteiger partial charge in [-0.3, -0.25) is 9.89 Å². The summed E-state index contributed by atoms with van der Waals surface area (Å²) in [6.07, 6.45) is 7.08. The summed E-state index contributed by atoms with van der Waals surface area (Å²) in [5, 5.41) is 9.69. The monoisotopic (exact) mass is 207 g/mol. The number of H-pyrrole nitrogens is 1. The minimum Gasteiger partial charge on any atom is -0.311 e. The third kappa shape index (κ3) is 2.19. The minimum absolute atomic E-state index is 0.145. The Balaban J connectivity index is 1.98. The van der Waals surface area contributed by atoms with Crippen molar-refractivity contribution in [3.05, 3.63) is 11.8 Å². The maximum absolute atomic E-state index is 11.8. The molecule has 4 nitrogen and oxygen atoms in total. The molecule has 2 N–H and O–H groups in total. The fourth-order valence-corrected chi connectivity index (χ4v) is 2.10. The van der Waals surface area contributed by atoms with E-state index in [4.69, 9.17) is 0 Å². The molecule has 0 aromatic carbocycles. The first-order valence-corrected chi connectivity index (χ1v) is 5.64. The fraction of sp³-hybridized carbons (Fsp3) is 0.636. The molecule has 1 fully saturated rings. The molecule has 0 atom stereocenters. The van der Waals surface area contributed by atoms with Gasteiger partial charge in [-0.2, -0.15) is 5.10 Å². The molecule has 1 aliphatic carbocycles. The van der Waals surface area contributed by atoms with E-state index < -0.39 is 0 Å². The molecule has 2 rings (SSSR count). The molecule has 0 unspecified atom stereocenters. The molecule has 0 radical (unpaired) electrons. The van der Waals surface area contributed by atoms with Crippen LogP contribution in [0.25, 0.3) is 0 Å². The number of aromatic amines is 1. The molecule has 1 amide bonds. The van der Waals surface area contributed by atoms with E-state index in [9.17, 15) is 4.79 Å². The number of nitrogens with one attached hydrogen (secondary N) is 2. The fourth-order valence-electron chi connectivity index (χ4n) is 2.10. The van der Waals surface area contributed by atoms with Crippen LogP contribution >= 0.6 is 0 Å². The van der Waals surface area contributed by atoms with Crippen molar-refractivity contribution >= 4 is 11.7 Å². The molecule has 15 heavy (non-hydrogen) atoms. The smallest absolute Gasteiger partial charge is 0.228 e. The van der Waals surface area contributed by atoms with Crippen LogP contribution in [0.4, 0.5) is 5.82 Å². The Morgan fingerprint density at radius 3 is 3.00 bits per heavy atom. The largest absolute Gasteiger partial charge is 0.311 e. The SMILES string of the molecule is CCc1cn[nH]c1NC(=O)C1CCCC1. The van der Waals surface area contributed by atoms with E-state index in [-0.39, 0.29) is 11.8 Å². The summed E-state index contributed by atoms with van der Waals surface area (Å²) in [5.74, 6) is 1.12. The Kier molecular flexibility index (Phi) is 3.04. The molecule has 1 saturated carbocycles. The second kappa shape index (κ2) is 4.47. The van der Waals surface area contributed by atoms with Gasteiger partial charge in [0.1, 0.15) is 5.82 Å². The molecular formula is C11H17N3O. The van der Waals surface area contributed by atoms with Crippen LogP contribution in [0, 0.1) is 5.92 Å². The zero-order valence-electron chi connectivity index (χ0n) is 9.05. The van der Waals surface area contributed by atoms with Gasteiger partial charge in [-0.05, 0) is 19.3 Å². The first kappa shape index (κ1) is 10.2. The number of carbonyl (C=O) groups is 1. The highest BCUT2D eigenvalue weighted by atomic mass is 16.2. The standard InChI is InChI=1S/C11H17N3O/c1-2-8-7-12-14-10(8)13-11(15)9-5-3-4-6-9/h7,9H,2-6H2,1H3,(H2,12,13,14,15). The van der Waals surface area contributed by atoms with Crippen molar-refractivity contribution in [3.63, 3.8) is 0 Å². The molecule has 0 spiro atoms. The number of aryl methyl sites for hydroxylation is 1. The molecule has 4 heteroatoms. The lowest BCUT2D eigenvalue weighted by molar-refractivity contribution is -0.119. The van der Waals surface area contributed by atoms with Crippen LogP contribution < -0.4 is 5.32 Å². The van der Waals surface area contributed by atoms with Crippen molar-refractivity contribution in [3.8, 4) is 0 Å². The predicted molar refractivity (Wildman–Crippen MR) is 58.6 cm³/mol. The normalized spacial score (nSPS) is 16.9. The third-order valence-electron chi connectivity index (χ3n) is 3.07. The van der Waals surface area contributed by atoms with Crippen LogP contribution in [0.3, 0.4) is 0 Å². The van der Waals surface area contributed by atoms with E-state index in [1.807, 2.05) is 0 Å². The summed E-state index contributed by atoms with van der Waals surface area (Å²) in [5.41, 5.74) is 1.07. The summed E-state index contributed by atoms with van der Waals surface area (Å²) in [7, 11) is 0. The summed E-state index contributed by atoms with van der Waals surface area (Å²) in [6.45, 7) is 2.05. The molecule has 0 bridgehead atoms. The number of hydrogen-bond acceptors (Lipinski definition) is 2. The average molecular weight is 207 g/mol. The van der Waals surface area contributed by atoms with E-state index >= 15 is 0 Å². The van der Waals surface area contributed by atoms with Gasteiger partial charge in [-0.15, -0.1) is 0 Å². The molecular weight excluding hydrogens is 190 g/mol. The number of hydrogen-bond donors (Lipinski definition) is 2. The molecule has 0 aliphatic heterocycles. The highest BCUT2D eigenvalue weighted by Crippen LogP contribution is 2.26. The van der Waals surface area contributed by atoms with Crippen LogP contribution in [-0.2, 0) is 11.2 Å². The van der Waals surface area contributed by atoms with Gasteiger partial charge in [-0.1, -0.05) is 19.8 Å². The van der Waals surface area contributed by atoms with Crippen LogP contribution in [0.5, 0.6) is 0 Å². The lowest BCUT2D eigenvalue weighted by Gasteiger charge is -2.09. The van der Waals surface area contributed by atoms with Crippen molar-refractivity contribution in [2.24, 2.45) is 5.92 Å². The van der Waals surface area contributed by atoms with Crippen molar-refractivity contribution in [2.75, 3.05) is 5.32 Å². The third-order valence-corrected chi connectivity index (χ3v) is 3.07. The number of aromatic nitrogens is 2. The zero-order chi connectivity index (χ0) is 10.7. The lowest BCUT2D eigenvalue weighted by Crippen LogP contribution is -2.21. The quantitative estimate of drug-likeness (QED) is 0.797. The summed E-state index contributed by atoms with van der Waals surface area (Å²) >= 11 is 0. The van der Waals surface area contributed by atoms with Crippen molar-refractivity contribution in [2.45, 2.75) is 39.0 Å². The van der Waals surface area contributed by atoms with Crippen LogP contribution in [-0.4, -0.2) is 16.1 Å². The van der Waals surface area contributed by atoms with E-state index in [2.05, 4.69) is 22.4 Å². The summed E-state index contributed by atoms with van der Waals surface area (Å²) in [4.78, 5) is 11.8. The Morgan fingerprint density at radius 2 is 2.33 bits per heavy atom. The van der Waals surface area contributed by atoms with Crippen LogP contribution in [0.15, 0.2) is 6.20 Å². The van der Waals surface area contributed by atoms with Crippen molar-refractivity contribution in [1.82, 2.24) is 10.2 Å². The van der Waals surface area contributed by atoms with Crippen molar-refractivity contribution in [1.29, 1.82) is 0 Å². The van der Waals surface area contributed by atoms with Gasteiger partial charge in [-0.25, -0.2) is 0 Å².